The predicted molar refractivity (Wildman–Crippen MR) is 76.8 cm³/mol. The standard InChI is InChI=1S/C17H14FNO/c18-13-5-3-4-12(10-13)11-17(20)15-8-9-19-16-7-2-1-6-14(15)16/h1-10,17,20H,11H2. The van der Waals surface area contributed by atoms with Crippen molar-refractivity contribution in [1.29, 1.82) is 0 Å². The Kier molecular flexibility index (Phi) is 3.44. The van der Waals surface area contributed by atoms with Gasteiger partial charge in [0.2, 0.25) is 0 Å². The molecule has 100 valence electrons. The molecule has 3 aromatic rings. The van der Waals surface area contributed by atoms with Crippen molar-refractivity contribution in [2.75, 3.05) is 0 Å². The third kappa shape index (κ3) is 2.53. The van der Waals surface area contributed by atoms with Crippen LogP contribution in [-0.4, -0.2) is 10.1 Å². The maximum absolute atomic E-state index is 13.2. The van der Waals surface area contributed by atoms with Gasteiger partial charge in [-0.3, -0.25) is 4.98 Å². The summed E-state index contributed by atoms with van der Waals surface area (Å²) in [7, 11) is 0. The second kappa shape index (κ2) is 5.39. The molecule has 3 rings (SSSR count). The van der Waals surface area contributed by atoms with E-state index < -0.39 is 6.10 Å². The van der Waals surface area contributed by atoms with E-state index in [1.807, 2.05) is 36.4 Å². The molecule has 3 heteroatoms. The molecule has 1 atom stereocenters. The fourth-order valence-electron chi connectivity index (χ4n) is 2.41. The summed E-state index contributed by atoms with van der Waals surface area (Å²) in [5.41, 5.74) is 2.45. The second-order valence-corrected chi connectivity index (χ2v) is 4.77. The van der Waals surface area contributed by atoms with E-state index in [1.54, 1.807) is 12.3 Å². The van der Waals surface area contributed by atoms with E-state index in [1.165, 1.54) is 12.1 Å². The Hall–Kier alpha value is -2.26. The minimum absolute atomic E-state index is 0.283. The molecule has 2 aromatic carbocycles. The zero-order chi connectivity index (χ0) is 13.9. The van der Waals surface area contributed by atoms with Gasteiger partial charge in [-0.2, -0.15) is 0 Å². The maximum atomic E-state index is 13.2. The van der Waals surface area contributed by atoms with E-state index in [4.69, 9.17) is 0 Å². The van der Waals surface area contributed by atoms with E-state index in [-0.39, 0.29) is 5.82 Å². The number of para-hydroxylation sites is 1. The SMILES string of the molecule is OC(Cc1cccc(F)c1)c1ccnc2ccccc12. The zero-order valence-electron chi connectivity index (χ0n) is 10.8. The highest BCUT2D eigenvalue weighted by molar-refractivity contribution is 5.82. The number of aromatic nitrogens is 1. The van der Waals surface area contributed by atoms with Crippen LogP contribution in [0.2, 0.25) is 0 Å². The molecule has 0 saturated heterocycles. The number of benzene rings is 2. The minimum Gasteiger partial charge on any atom is -0.388 e. The van der Waals surface area contributed by atoms with Crippen LogP contribution in [0.1, 0.15) is 17.2 Å². The van der Waals surface area contributed by atoms with Gasteiger partial charge in [0.25, 0.3) is 0 Å². The van der Waals surface area contributed by atoms with Crippen molar-refractivity contribution in [3.8, 4) is 0 Å². The molecule has 0 aliphatic heterocycles. The lowest BCUT2D eigenvalue weighted by Gasteiger charge is -2.13. The smallest absolute Gasteiger partial charge is 0.123 e. The van der Waals surface area contributed by atoms with Crippen molar-refractivity contribution in [2.45, 2.75) is 12.5 Å². The van der Waals surface area contributed by atoms with Gasteiger partial charge in [0, 0.05) is 18.0 Å². The molecule has 0 amide bonds. The summed E-state index contributed by atoms with van der Waals surface area (Å²) >= 11 is 0. The van der Waals surface area contributed by atoms with Gasteiger partial charge < -0.3 is 5.11 Å². The van der Waals surface area contributed by atoms with Gasteiger partial charge in [0.05, 0.1) is 11.6 Å². The molecule has 1 unspecified atom stereocenters. The average molecular weight is 267 g/mol. The number of hydrogen-bond donors (Lipinski definition) is 1. The highest BCUT2D eigenvalue weighted by atomic mass is 19.1. The molecule has 0 fully saturated rings. The molecule has 0 aliphatic rings. The molecule has 1 aromatic heterocycles. The number of fused-ring (bicyclic) bond motifs is 1. The van der Waals surface area contributed by atoms with Crippen molar-refractivity contribution in [2.24, 2.45) is 0 Å². The lowest BCUT2D eigenvalue weighted by molar-refractivity contribution is 0.180. The van der Waals surface area contributed by atoms with Crippen LogP contribution in [0, 0.1) is 5.82 Å². The first-order valence-electron chi connectivity index (χ1n) is 6.50. The van der Waals surface area contributed by atoms with Crippen LogP contribution >= 0.6 is 0 Å². The lowest BCUT2D eigenvalue weighted by Crippen LogP contribution is -2.03. The maximum Gasteiger partial charge on any atom is 0.123 e. The van der Waals surface area contributed by atoms with Crippen LogP contribution in [0.5, 0.6) is 0 Å². The third-order valence-corrected chi connectivity index (χ3v) is 3.36. The van der Waals surface area contributed by atoms with E-state index in [0.29, 0.717) is 6.42 Å². The topological polar surface area (TPSA) is 33.1 Å². The predicted octanol–water partition coefficient (Wildman–Crippen LogP) is 3.65. The van der Waals surface area contributed by atoms with Crippen molar-refractivity contribution < 1.29 is 9.50 Å². The molecule has 20 heavy (non-hydrogen) atoms. The molecule has 1 N–H and O–H groups in total. The van der Waals surface area contributed by atoms with E-state index in [0.717, 1.165) is 22.0 Å². The van der Waals surface area contributed by atoms with Gasteiger partial charge in [-0.1, -0.05) is 30.3 Å². The Morgan fingerprint density at radius 2 is 1.90 bits per heavy atom. The van der Waals surface area contributed by atoms with Gasteiger partial charge in [-0.25, -0.2) is 4.39 Å². The molecular formula is C17H14FNO. The quantitative estimate of drug-likeness (QED) is 0.785. The number of nitrogens with zero attached hydrogens (tertiary/aromatic N) is 1. The van der Waals surface area contributed by atoms with Gasteiger partial charge in [-0.05, 0) is 35.4 Å². The molecular weight excluding hydrogens is 253 g/mol. The fraction of sp³-hybridized carbons (Fsp3) is 0.118. The lowest BCUT2D eigenvalue weighted by atomic mass is 9.98. The van der Waals surface area contributed by atoms with E-state index in [2.05, 4.69) is 4.98 Å². The first kappa shape index (κ1) is 12.8. The Morgan fingerprint density at radius 1 is 1.05 bits per heavy atom. The monoisotopic (exact) mass is 267 g/mol. The first-order chi connectivity index (χ1) is 9.74. The van der Waals surface area contributed by atoms with Gasteiger partial charge in [-0.15, -0.1) is 0 Å². The Morgan fingerprint density at radius 3 is 2.75 bits per heavy atom. The summed E-state index contributed by atoms with van der Waals surface area (Å²) in [5, 5.41) is 11.3. The molecule has 0 aliphatic carbocycles. The van der Waals surface area contributed by atoms with Gasteiger partial charge in [0.15, 0.2) is 0 Å². The Labute approximate surface area is 116 Å². The summed E-state index contributed by atoms with van der Waals surface area (Å²) < 4.78 is 13.2. The molecule has 1 heterocycles. The zero-order valence-corrected chi connectivity index (χ0v) is 10.8. The van der Waals surface area contributed by atoms with E-state index >= 15 is 0 Å². The molecule has 0 bridgehead atoms. The van der Waals surface area contributed by atoms with Gasteiger partial charge >= 0.3 is 0 Å². The first-order valence-corrected chi connectivity index (χ1v) is 6.50. The fourth-order valence-corrected chi connectivity index (χ4v) is 2.41. The van der Waals surface area contributed by atoms with Crippen LogP contribution in [-0.2, 0) is 6.42 Å². The minimum atomic E-state index is -0.676. The van der Waals surface area contributed by atoms with Crippen LogP contribution in [0.3, 0.4) is 0 Å². The Bertz CT molecular complexity index is 736. The third-order valence-electron chi connectivity index (χ3n) is 3.36. The highest BCUT2D eigenvalue weighted by Gasteiger charge is 2.12. The normalized spacial score (nSPS) is 12.5. The largest absolute Gasteiger partial charge is 0.388 e. The Balaban J connectivity index is 1.94. The van der Waals surface area contributed by atoms with Crippen molar-refractivity contribution in [3.05, 3.63) is 77.7 Å². The van der Waals surface area contributed by atoms with Crippen LogP contribution in [0.25, 0.3) is 10.9 Å². The van der Waals surface area contributed by atoms with E-state index in [9.17, 15) is 9.50 Å². The number of aliphatic hydroxyl groups is 1. The number of halogens is 1. The number of aliphatic hydroxyl groups excluding tert-OH is 1. The van der Waals surface area contributed by atoms with Crippen LogP contribution in [0.4, 0.5) is 4.39 Å². The summed E-state index contributed by atoms with van der Waals surface area (Å²) in [6, 6.07) is 15.8. The molecule has 0 spiro atoms. The number of pyridine rings is 1. The summed E-state index contributed by atoms with van der Waals surface area (Å²) in [6.07, 6.45) is 1.39. The average Bonchev–Trinajstić information content (AvgIpc) is 2.46. The second-order valence-electron chi connectivity index (χ2n) is 4.77. The molecule has 0 saturated carbocycles. The van der Waals surface area contributed by atoms with Crippen LogP contribution < -0.4 is 0 Å². The molecule has 2 nitrogen and oxygen atoms in total. The molecule has 0 radical (unpaired) electrons. The number of hydrogen-bond acceptors (Lipinski definition) is 2. The highest BCUT2D eigenvalue weighted by Crippen LogP contribution is 2.25. The van der Waals surface area contributed by atoms with Gasteiger partial charge in [0.1, 0.15) is 5.82 Å². The summed E-state index contributed by atoms with van der Waals surface area (Å²) in [6.45, 7) is 0. The van der Waals surface area contributed by atoms with Crippen molar-refractivity contribution in [1.82, 2.24) is 4.98 Å². The number of rotatable bonds is 3. The summed E-state index contributed by atoms with van der Waals surface area (Å²) in [5.74, 6) is -0.283. The summed E-state index contributed by atoms with van der Waals surface area (Å²) in [4.78, 5) is 4.27. The van der Waals surface area contributed by atoms with Crippen molar-refractivity contribution >= 4 is 10.9 Å². The van der Waals surface area contributed by atoms with Crippen LogP contribution in [0.15, 0.2) is 60.8 Å². The van der Waals surface area contributed by atoms with Crippen molar-refractivity contribution in [3.63, 3.8) is 0 Å².